The molecule has 0 fully saturated rings. The maximum Gasteiger partial charge on any atom is 0.341 e. The smallest absolute Gasteiger partial charge is 0.341 e. The number of carbonyl (C=O) groups excluding carboxylic acids is 2. The maximum atomic E-state index is 12.3. The van der Waals surface area contributed by atoms with Crippen LogP contribution in [0.3, 0.4) is 0 Å². The number of hydrogen-bond donors (Lipinski definition) is 3. The van der Waals surface area contributed by atoms with Gasteiger partial charge in [-0.2, -0.15) is 0 Å². The monoisotopic (exact) mass is 362 g/mol. The van der Waals surface area contributed by atoms with Gasteiger partial charge in [0.15, 0.2) is 6.10 Å². The van der Waals surface area contributed by atoms with Crippen LogP contribution in [-0.2, 0) is 9.53 Å². The third kappa shape index (κ3) is 5.48. The van der Waals surface area contributed by atoms with E-state index in [1.807, 2.05) is 0 Å². The predicted molar refractivity (Wildman–Crippen MR) is 97.0 cm³/mol. The molecule has 0 bridgehead atoms. The molecule has 0 aromatic heterocycles. The number of rotatable bonds is 7. The Labute approximate surface area is 150 Å². The standard InChI is InChI=1S/C18H19ClN2O4/c1-12(17(23)21-14-6-4-5-13(19)11-14)25-18(24)15-7-2-3-8-16(15)20-9-10-22/h2-8,11-12,20,22H,9-10H2,1H3,(H,21,23)/t12-/m0/s1. The Bertz CT molecular complexity index is 751. The minimum atomic E-state index is -0.989. The van der Waals surface area contributed by atoms with E-state index in [2.05, 4.69) is 10.6 Å². The molecule has 7 heteroatoms. The topological polar surface area (TPSA) is 87.7 Å². The SMILES string of the molecule is C[C@H](OC(=O)c1ccccc1NCCO)C(=O)Nc1cccc(Cl)c1. The van der Waals surface area contributed by atoms with E-state index in [1.165, 1.54) is 6.92 Å². The summed E-state index contributed by atoms with van der Waals surface area (Å²) in [4.78, 5) is 24.5. The number of esters is 1. The van der Waals surface area contributed by atoms with Gasteiger partial charge in [-0.1, -0.05) is 29.8 Å². The number of benzene rings is 2. The maximum absolute atomic E-state index is 12.3. The van der Waals surface area contributed by atoms with Gasteiger partial charge in [-0.25, -0.2) is 4.79 Å². The second-order valence-corrected chi connectivity index (χ2v) is 5.68. The zero-order chi connectivity index (χ0) is 18.2. The number of halogens is 1. The number of nitrogens with one attached hydrogen (secondary N) is 2. The van der Waals surface area contributed by atoms with Gasteiger partial charge in [0.1, 0.15) is 0 Å². The van der Waals surface area contributed by atoms with E-state index in [-0.39, 0.29) is 6.61 Å². The molecule has 3 N–H and O–H groups in total. The summed E-state index contributed by atoms with van der Waals surface area (Å²) < 4.78 is 5.23. The van der Waals surface area contributed by atoms with Gasteiger partial charge in [0.2, 0.25) is 0 Å². The van der Waals surface area contributed by atoms with Crippen LogP contribution in [0.5, 0.6) is 0 Å². The van der Waals surface area contributed by atoms with Gasteiger partial charge in [0.05, 0.1) is 12.2 Å². The zero-order valence-electron chi connectivity index (χ0n) is 13.7. The lowest BCUT2D eigenvalue weighted by Crippen LogP contribution is -2.30. The number of hydrogen-bond acceptors (Lipinski definition) is 5. The Kier molecular flexibility index (Phi) is 6.80. The van der Waals surface area contributed by atoms with Gasteiger partial charge in [-0.3, -0.25) is 4.79 Å². The molecule has 0 aliphatic heterocycles. The van der Waals surface area contributed by atoms with Crippen LogP contribution in [0.2, 0.25) is 5.02 Å². The molecule has 0 heterocycles. The lowest BCUT2D eigenvalue weighted by molar-refractivity contribution is -0.123. The van der Waals surface area contributed by atoms with Gasteiger partial charge in [-0.05, 0) is 37.3 Å². The van der Waals surface area contributed by atoms with Crippen molar-refractivity contribution in [3.8, 4) is 0 Å². The van der Waals surface area contributed by atoms with Gasteiger partial charge in [0, 0.05) is 22.9 Å². The molecule has 132 valence electrons. The number of carbonyl (C=O) groups is 2. The quantitative estimate of drug-likeness (QED) is 0.659. The van der Waals surface area contributed by atoms with E-state index in [0.717, 1.165) is 0 Å². The van der Waals surface area contributed by atoms with Crippen molar-refractivity contribution < 1.29 is 19.4 Å². The molecule has 2 rings (SSSR count). The van der Waals surface area contributed by atoms with E-state index >= 15 is 0 Å². The van der Waals surface area contributed by atoms with Crippen LogP contribution in [0.25, 0.3) is 0 Å². The first-order valence-corrected chi connectivity index (χ1v) is 8.10. The fourth-order valence-electron chi connectivity index (χ4n) is 2.09. The molecule has 0 aliphatic rings. The second-order valence-electron chi connectivity index (χ2n) is 5.24. The Morgan fingerprint density at radius 2 is 1.96 bits per heavy atom. The van der Waals surface area contributed by atoms with E-state index < -0.39 is 18.0 Å². The summed E-state index contributed by atoms with van der Waals surface area (Å²) in [7, 11) is 0. The number of aliphatic hydroxyl groups is 1. The lowest BCUT2D eigenvalue weighted by atomic mass is 10.1. The van der Waals surface area contributed by atoms with Crippen molar-refractivity contribution in [2.24, 2.45) is 0 Å². The Balaban J connectivity index is 2.01. The van der Waals surface area contributed by atoms with Gasteiger partial charge in [-0.15, -0.1) is 0 Å². The van der Waals surface area contributed by atoms with Crippen molar-refractivity contribution in [2.75, 3.05) is 23.8 Å². The number of ether oxygens (including phenoxy) is 1. The summed E-state index contributed by atoms with van der Waals surface area (Å²) >= 11 is 5.87. The minimum absolute atomic E-state index is 0.0676. The molecule has 0 unspecified atom stereocenters. The van der Waals surface area contributed by atoms with Crippen molar-refractivity contribution >= 4 is 34.9 Å². The van der Waals surface area contributed by atoms with Crippen LogP contribution >= 0.6 is 11.6 Å². The third-order valence-electron chi connectivity index (χ3n) is 3.32. The molecule has 2 aromatic carbocycles. The van der Waals surface area contributed by atoms with E-state index in [1.54, 1.807) is 48.5 Å². The van der Waals surface area contributed by atoms with Crippen LogP contribution in [0.4, 0.5) is 11.4 Å². The molecule has 6 nitrogen and oxygen atoms in total. The average Bonchev–Trinajstić information content (AvgIpc) is 2.60. The van der Waals surface area contributed by atoms with Gasteiger partial charge >= 0.3 is 5.97 Å². The van der Waals surface area contributed by atoms with Crippen LogP contribution in [0, 0.1) is 0 Å². The fourth-order valence-corrected chi connectivity index (χ4v) is 2.28. The molecule has 2 aromatic rings. The van der Waals surface area contributed by atoms with Crippen molar-refractivity contribution in [3.63, 3.8) is 0 Å². The first-order valence-electron chi connectivity index (χ1n) is 7.72. The highest BCUT2D eigenvalue weighted by atomic mass is 35.5. The van der Waals surface area contributed by atoms with Crippen molar-refractivity contribution in [1.29, 1.82) is 0 Å². The van der Waals surface area contributed by atoms with Crippen molar-refractivity contribution in [1.82, 2.24) is 0 Å². The summed E-state index contributed by atoms with van der Waals surface area (Å²) in [5, 5.41) is 15.0. The average molecular weight is 363 g/mol. The van der Waals surface area contributed by atoms with Crippen molar-refractivity contribution in [3.05, 3.63) is 59.1 Å². The molecule has 0 radical (unpaired) electrons. The minimum Gasteiger partial charge on any atom is -0.449 e. The summed E-state index contributed by atoms with van der Waals surface area (Å²) in [6.45, 7) is 1.72. The van der Waals surface area contributed by atoms with Crippen LogP contribution in [0.15, 0.2) is 48.5 Å². The first-order chi connectivity index (χ1) is 12.0. The van der Waals surface area contributed by atoms with E-state index in [0.29, 0.717) is 28.5 Å². The molecule has 0 spiro atoms. The number of para-hydroxylation sites is 1. The molecular weight excluding hydrogens is 344 g/mol. The largest absolute Gasteiger partial charge is 0.449 e. The van der Waals surface area contributed by atoms with Crippen molar-refractivity contribution in [2.45, 2.75) is 13.0 Å². The summed E-state index contributed by atoms with van der Waals surface area (Å²) in [5.74, 6) is -1.09. The normalized spacial score (nSPS) is 11.5. The Morgan fingerprint density at radius 1 is 1.20 bits per heavy atom. The number of anilines is 2. The number of aliphatic hydroxyl groups excluding tert-OH is 1. The molecule has 1 amide bonds. The predicted octanol–water partition coefficient (Wildman–Crippen LogP) is 2.93. The van der Waals surface area contributed by atoms with Gasteiger partial charge < -0.3 is 20.5 Å². The van der Waals surface area contributed by atoms with Gasteiger partial charge in [0.25, 0.3) is 5.91 Å². The number of amides is 1. The Morgan fingerprint density at radius 3 is 2.68 bits per heavy atom. The van der Waals surface area contributed by atoms with E-state index in [4.69, 9.17) is 21.4 Å². The highest BCUT2D eigenvalue weighted by molar-refractivity contribution is 6.30. The van der Waals surface area contributed by atoms with Crippen LogP contribution in [0.1, 0.15) is 17.3 Å². The zero-order valence-corrected chi connectivity index (χ0v) is 14.4. The lowest BCUT2D eigenvalue weighted by Gasteiger charge is -2.15. The third-order valence-corrected chi connectivity index (χ3v) is 3.55. The summed E-state index contributed by atoms with van der Waals surface area (Å²) in [6.07, 6.45) is -0.989. The second kappa shape index (κ2) is 9.05. The molecule has 25 heavy (non-hydrogen) atoms. The van der Waals surface area contributed by atoms with Crippen LogP contribution in [-0.4, -0.2) is 36.2 Å². The highest BCUT2D eigenvalue weighted by Crippen LogP contribution is 2.18. The van der Waals surface area contributed by atoms with E-state index in [9.17, 15) is 9.59 Å². The molecule has 0 saturated carbocycles. The van der Waals surface area contributed by atoms with Crippen LogP contribution < -0.4 is 10.6 Å². The molecule has 0 saturated heterocycles. The molecular formula is C18H19ClN2O4. The molecule has 0 aliphatic carbocycles. The summed E-state index contributed by atoms with van der Waals surface area (Å²) in [6, 6.07) is 13.4. The Hall–Kier alpha value is -2.57. The highest BCUT2D eigenvalue weighted by Gasteiger charge is 2.20. The summed E-state index contributed by atoms with van der Waals surface area (Å²) in [5.41, 5.74) is 1.34. The fraction of sp³-hybridized carbons (Fsp3) is 0.222. The first kappa shape index (κ1) is 18.8. The molecule has 1 atom stereocenters.